The lowest BCUT2D eigenvalue weighted by Crippen LogP contribution is -2.07. The molecule has 0 saturated heterocycles. The van der Waals surface area contributed by atoms with Crippen LogP contribution < -0.4 is 0 Å². The van der Waals surface area contributed by atoms with Crippen molar-refractivity contribution >= 4 is 23.9 Å². The maximum absolute atomic E-state index is 13.5. The van der Waals surface area contributed by atoms with Gasteiger partial charge in [0, 0.05) is 90.9 Å². The highest BCUT2D eigenvalue weighted by Gasteiger charge is 2.24. The number of aromatic carboxylic acids is 4. The van der Waals surface area contributed by atoms with Gasteiger partial charge in [0.25, 0.3) is 5.92 Å². The molecule has 4 N–H and O–H groups in total. The number of rotatable bonds is 14. The third-order valence-electron chi connectivity index (χ3n) is 14.2. The van der Waals surface area contributed by atoms with Crippen LogP contribution in [-0.4, -0.2) is 62.6 Å². The van der Waals surface area contributed by atoms with Gasteiger partial charge in [-0.2, -0.15) is 0 Å². The molecule has 12 rings (SSSR count). The molecule has 12 aromatic rings. The van der Waals surface area contributed by atoms with Crippen LogP contribution >= 0.6 is 0 Å². The van der Waals surface area contributed by atoms with Gasteiger partial charge in [-0.05, 0) is 178 Å². The van der Waals surface area contributed by atoms with Crippen molar-refractivity contribution < 1.29 is 57.2 Å². The van der Waals surface area contributed by atoms with Crippen molar-refractivity contribution in [3.8, 4) is 67.3 Å². The normalized spacial score (nSPS) is 10.8. The molecule has 0 bridgehead atoms. The number of benzene rings is 8. The summed E-state index contributed by atoms with van der Waals surface area (Å²) in [4.78, 5) is 43.4. The first-order valence-electron chi connectivity index (χ1n) is 27.5. The summed E-state index contributed by atoms with van der Waals surface area (Å²) in [5, 5.41) is 35.6. The number of hydrogen-bond acceptors (Lipinski definition) is 4. The number of carbonyl (C=O) groups is 4. The minimum atomic E-state index is -2.89. The van der Waals surface area contributed by atoms with Gasteiger partial charge >= 0.3 is 23.9 Å². The maximum Gasteiger partial charge on any atom is 0.335 e. The van der Waals surface area contributed by atoms with Crippen LogP contribution in [0.3, 0.4) is 0 Å². The number of nitrogens with zero attached hydrogens (tertiary/aromatic N) is 4. The van der Waals surface area contributed by atoms with E-state index in [0.29, 0.717) is 22.5 Å². The van der Waals surface area contributed by atoms with Gasteiger partial charge in [-0.3, -0.25) is 0 Å². The van der Waals surface area contributed by atoms with E-state index in [2.05, 4.69) is 42.0 Å². The van der Waals surface area contributed by atoms with E-state index in [4.69, 9.17) is 20.4 Å². The molecule has 0 amide bonds. The summed E-state index contributed by atoms with van der Waals surface area (Å²) < 4.78 is 60.7. The summed E-state index contributed by atoms with van der Waals surface area (Å²) in [6.07, 6.45) is 16.2. The number of aryl methyl sites for hydroxylation is 1. The average molecular weight is 1180 g/mol. The van der Waals surface area contributed by atoms with Gasteiger partial charge in [-0.15, -0.1) is 0 Å². The van der Waals surface area contributed by atoms with Gasteiger partial charge in [0.1, 0.15) is 0 Å². The van der Waals surface area contributed by atoms with Crippen molar-refractivity contribution in [3.05, 3.63) is 313 Å². The van der Waals surface area contributed by atoms with Crippen LogP contribution in [-0.2, 0) is 12.3 Å². The number of carboxylic acid groups (broad SMARTS) is 4. The van der Waals surface area contributed by atoms with Crippen molar-refractivity contribution in [1.82, 2.24) is 18.3 Å². The van der Waals surface area contributed by atoms with Crippen molar-refractivity contribution in [2.45, 2.75) is 26.2 Å². The van der Waals surface area contributed by atoms with E-state index in [1.54, 1.807) is 88.4 Å². The van der Waals surface area contributed by atoms with Crippen LogP contribution in [0.1, 0.15) is 66.4 Å². The fourth-order valence-corrected chi connectivity index (χ4v) is 9.22. The second-order valence-electron chi connectivity index (χ2n) is 20.2. The zero-order valence-corrected chi connectivity index (χ0v) is 47.3. The summed E-state index contributed by atoms with van der Waals surface area (Å²) in [5.41, 5.74) is 13.2. The van der Waals surface area contributed by atoms with Gasteiger partial charge in [-0.1, -0.05) is 97.9 Å². The van der Waals surface area contributed by atoms with Crippen molar-refractivity contribution in [1.29, 1.82) is 0 Å². The molecule has 0 radical (unpaired) electrons. The number of para-hydroxylation sites is 1. The number of halogens is 4. The van der Waals surface area contributed by atoms with Crippen molar-refractivity contribution in [2.75, 3.05) is 0 Å². The van der Waals surface area contributed by atoms with Gasteiger partial charge in [0.05, 0.1) is 22.3 Å². The molecular weight excluding hydrogens is 1120 g/mol. The van der Waals surface area contributed by atoms with Gasteiger partial charge in [0.2, 0.25) is 0 Å². The highest BCUT2D eigenvalue weighted by Crippen LogP contribution is 2.31. The lowest BCUT2D eigenvalue weighted by atomic mass is 10.1. The van der Waals surface area contributed by atoms with E-state index in [-0.39, 0.29) is 16.7 Å². The van der Waals surface area contributed by atoms with Crippen LogP contribution in [0.15, 0.2) is 268 Å². The number of hydrogen-bond donors (Lipinski definition) is 4. The van der Waals surface area contributed by atoms with Crippen LogP contribution in [0, 0.1) is 11.6 Å². The highest BCUT2D eigenvalue weighted by atomic mass is 19.3. The van der Waals surface area contributed by atoms with Crippen LogP contribution in [0.25, 0.3) is 67.3 Å². The molecule has 0 aliphatic carbocycles. The predicted octanol–water partition coefficient (Wildman–Crippen LogP) is 17.3. The zero-order valence-electron chi connectivity index (χ0n) is 47.3. The molecule has 0 saturated carbocycles. The Balaban J connectivity index is 0.000000140. The second kappa shape index (κ2) is 27.5. The third kappa shape index (κ3) is 15.4. The molecule has 0 fully saturated rings. The molecule has 4 aromatic heterocycles. The molecule has 16 heteroatoms. The topological polar surface area (TPSA) is 169 Å². The van der Waals surface area contributed by atoms with Crippen molar-refractivity contribution in [3.63, 3.8) is 0 Å². The van der Waals surface area contributed by atoms with Gasteiger partial charge < -0.3 is 38.7 Å². The maximum atomic E-state index is 13.5. The van der Waals surface area contributed by atoms with E-state index < -0.39 is 41.4 Å². The number of alkyl halides is 2. The van der Waals surface area contributed by atoms with Crippen LogP contribution in [0.2, 0.25) is 0 Å². The Kier molecular flexibility index (Phi) is 19.1. The first-order chi connectivity index (χ1) is 42.3. The Morgan fingerprint density at radius 1 is 0.352 bits per heavy atom. The first-order valence-corrected chi connectivity index (χ1v) is 27.5. The van der Waals surface area contributed by atoms with E-state index in [1.165, 1.54) is 48.0 Å². The Morgan fingerprint density at radius 3 is 1.00 bits per heavy atom. The summed E-state index contributed by atoms with van der Waals surface area (Å²) in [6.45, 7) is 3.01. The molecule has 0 atom stereocenters. The minimum Gasteiger partial charge on any atom is -0.478 e. The van der Waals surface area contributed by atoms with E-state index >= 15 is 0 Å². The Labute approximate surface area is 503 Å². The average Bonchev–Trinajstić information content (AvgIpc) is 4.43. The Hall–Kier alpha value is -11.5. The summed E-state index contributed by atoms with van der Waals surface area (Å²) >= 11 is 0. The summed E-state index contributed by atoms with van der Waals surface area (Å²) in [5.74, 6) is -8.45. The number of aromatic nitrogens is 4. The number of carboxylic acids is 4. The standard InChI is InChI=1S/C19H15F2NO2.C19H17NO2.C17H11F2NO2.C17H13NO2/c1-19(20,21)16-3-2-4-17(11-16)22-10-9-15(12-22)13-5-7-14(8-6-13)18(23)24;1-2-14-3-9-18(10-4-14)20-12-11-17(13-20)15-5-7-16(8-6-15)19(21)22;18-15-6-5-14(9-16(15)19)20-8-7-13(10-20)11-1-3-12(4-2-11)17(21)22;19-17(20)14-8-6-13(7-9-14)15-10-11-18(12-15)16-4-2-1-3-5-16/h2-12H,1H3,(H,23,24);3-13H,2H2,1H3,(H,21,22);1-10H,(H,21,22);1-12H,(H,19,20). The monoisotopic (exact) mass is 1180 g/mol. The largest absolute Gasteiger partial charge is 0.478 e. The molecule has 4 heterocycles. The summed E-state index contributed by atoms with van der Waals surface area (Å²) in [7, 11) is 0. The second-order valence-corrected chi connectivity index (χ2v) is 20.2. The van der Waals surface area contributed by atoms with Gasteiger partial charge in [0.15, 0.2) is 11.6 Å². The van der Waals surface area contributed by atoms with Crippen LogP contribution in [0.5, 0.6) is 0 Å². The molecular formula is C72H56F4N4O8. The smallest absolute Gasteiger partial charge is 0.335 e. The van der Waals surface area contributed by atoms with Crippen molar-refractivity contribution in [2.24, 2.45) is 0 Å². The predicted molar refractivity (Wildman–Crippen MR) is 332 cm³/mol. The quantitative estimate of drug-likeness (QED) is 0.0780. The molecule has 0 aliphatic heterocycles. The minimum absolute atomic E-state index is 0.0407. The molecule has 0 aliphatic rings. The fraction of sp³-hybridized carbons (Fsp3) is 0.0556. The third-order valence-corrected chi connectivity index (χ3v) is 14.2. The van der Waals surface area contributed by atoms with Gasteiger partial charge in [-0.25, -0.2) is 36.7 Å². The first kappa shape index (κ1) is 61.1. The summed E-state index contributed by atoms with van der Waals surface area (Å²) in [6, 6.07) is 62.9. The lowest BCUT2D eigenvalue weighted by Gasteiger charge is -2.12. The lowest BCUT2D eigenvalue weighted by molar-refractivity contribution is 0.0174. The SMILES string of the molecule is CC(F)(F)c1cccc(-n2ccc(-c3ccc(C(=O)O)cc3)c2)c1.CCc1ccc(-n2ccc(-c3ccc(C(=O)O)cc3)c2)cc1.O=C(O)c1ccc(-c2ccn(-c3ccc(F)c(F)c3)c2)cc1.O=C(O)c1ccc(-c2ccn(-c3ccccc3)c2)cc1. The molecule has 0 unspecified atom stereocenters. The molecule has 440 valence electrons. The molecule has 0 spiro atoms. The van der Waals surface area contributed by atoms with E-state index in [0.717, 1.165) is 81.4 Å². The van der Waals surface area contributed by atoms with Crippen LogP contribution in [0.4, 0.5) is 17.6 Å². The zero-order chi connectivity index (χ0) is 62.5. The molecule has 8 aromatic carbocycles. The highest BCUT2D eigenvalue weighted by molar-refractivity contribution is 5.90. The van der Waals surface area contributed by atoms with E-state index in [1.807, 2.05) is 108 Å². The Morgan fingerprint density at radius 2 is 0.670 bits per heavy atom. The molecule has 12 nitrogen and oxygen atoms in total. The van der Waals surface area contributed by atoms with E-state index in [9.17, 15) is 36.7 Å². The molecule has 88 heavy (non-hydrogen) atoms. The Bertz CT molecular complexity index is 4350. The fourth-order valence-electron chi connectivity index (χ4n) is 9.22.